The third-order valence-electron chi connectivity index (χ3n) is 2.46. The highest BCUT2D eigenvalue weighted by Crippen LogP contribution is 2.18. The topological polar surface area (TPSA) is 60.9 Å². The maximum absolute atomic E-state index is 12.3. The molecule has 0 aliphatic heterocycles. The number of carbonyl (C=O) groups is 2. The fraction of sp³-hybridized carbons (Fsp3) is 0.818. The fourth-order valence-electron chi connectivity index (χ4n) is 1.50. The van der Waals surface area contributed by atoms with Crippen molar-refractivity contribution in [2.75, 3.05) is 19.6 Å². The molecule has 0 atom stereocenters. The van der Waals surface area contributed by atoms with Gasteiger partial charge in [0.2, 0.25) is 0 Å². The molecule has 0 aliphatic carbocycles. The summed E-state index contributed by atoms with van der Waals surface area (Å²) < 4.78 is 37.0. The first kappa shape index (κ1) is 17.5. The molecule has 0 rings (SSSR count). The number of hydrogen-bond acceptors (Lipinski definition) is 2. The summed E-state index contributed by atoms with van der Waals surface area (Å²) in [5.74, 6) is -1.10. The Balaban J connectivity index is 4.80. The van der Waals surface area contributed by atoms with Crippen molar-refractivity contribution in [3.8, 4) is 0 Å². The van der Waals surface area contributed by atoms with Crippen LogP contribution in [0.15, 0.2) is 0 Å². The Morgan fingerprint density at radius 1 is 1.26 bits per heavy atom. The smallest absolute Gasteiger partial charge is 0.406 e. The third-order valence-corrected chi connectivity index (χ3v) is 2.46. The monoisotopic (exact) mass is 284 g/mol. The van der Waals surface area contributed by atoms with Gasteiger partial charge in [0.25, 0.3) is 0 Å². The SMILES string of the molecule is CCN(CC(F)(F)F)C(=O)N(CCC(=O)O)C(C)C. The van der Waals surface area contributed by atoms with Crippen molar-refractivity contribution in [2.24, 2.45) is 0 Å². The lowest BCUT2D eigenvalue weighted by atomic mass is 10.3. The second-order valence-corrected chi connectivity index (χ2v) is 4.34. The summed E-state index contributed by atoms with van der Waals surface area (Å²) in [4.78, 5) is 24.2. The lowest BCUT2D eigenvalue weighted by Crippen LogP contribution is -2.49. The Morgan fingerprint density at radius 3 is 2.11 bits per heavy atom. The molecule has 8 heteroatoms. The predicted molar refractivity (Wildman–Crippen MR) is 62.8 cm³/mol. The second kappa shape index (κ2) is 7.20. The summed E-state index contributed by atoms with van der Waals surface area (Å²) in [5, 5.41) is 8.58. The van der Waals surface area contributed by atoms with Crippen LogP contribution in [0.2, 0.25) is 0 Å². The minimum absolute atomic E-state index is 0.0887. The van der Waals surface area contributed by atoms with E-state index in [2.05, 4.69) is 0 Å². The highest BCUT2D eigenvalue weighted by atomic mass is 19.4. The van der Waals surface area contributed by atoms with Gasteiger partial charge in [0.1, 0.15) is 6.54 Å². The van der Waals surface area contributed by atoms with Gasteiger partial charge in [-0.05, 0) is 20.8 Å². The van der Waals surface area contributed by atoms with Crippen molar-refractivity contribution in [1.82, 2.24) is 9.80 Å². The molecule has 1 N–H and O–H groups in total. The number of carboxylic acid groups (broad SMARTS) is 1. The predicted octanol–water partition coefficient (Wildman–Crippen LogP) is 2.18. The largest absolute Gasteiger partial charge is 0.481 e. The maximum Gasteiger partial charge on any atom is 0.406 e. The Labute approximate surface area is 110 Å². The average Bonchev–Trinajstić information content (AvgIpc) is 2.23. The second-order valence-electron chi connectivity index (χ2n) is 4.34. The summed E-state index contributed by atoms with van der Waals surface area (Å²) in [6.07, 6.45) is -4.77. The molecule has 0 aliphatic rings. The molecule has 0 aromatic carbocycles. The van der Waals surface area contributed by atoms with E-state index in [0.717, 1.165) is 4.90 Å². The molecule has 2 amide bonds. The van der Waals surface area contributed by atoms with Gasteiger partial charge in [0.15, 0.2) is 0 Å². The van der Waals surface area contributed by atoms with Crippen LogP contribution in [0.3, 0.4) is 0 Å². The van der Waals surface area contributed by atoms with Crippen LogP contribution in [0, 0.1) is 0 Å². The zero-order valence-electron chi connectivity index (χ0n) is 11.2. The molecule has 0 heterocycles. The number of urea groups is 1. The number of alkyl halides is 3. The van der Waals surface area contributed by atoms with Crippen molar-refractivity contribution < 1.29 is 27.9 Å². The van der Waals surface area contributed by atoms with Gasteiger partial charge in [0, 0.05) is 19.1 Å². The molecule has 0 bridgehead atoms. The molecule has 0 aromatic heterocycles. The zero-order valence-corrected chi connectivity index (χ0v) is 11.2. The van der Waals surface area contributed by atoms with Gasteiger partial charge in [-0.25, -0.2) is 4.79 Å². The minimum Gasteiger partial charge on any atom is -0.481 e. The molecule has 19 heavy (non-hydrogen) atoms. The molecular weight excluding hydrogens is 265 g/mol. The van der Waals surface area contributed by atoms with E-state index >= 15 is 0 Å². The van der Waals surface area contributed by atoms with Crippen LogP contribution in [-0.4, -0.2) is 58.8 Å². The van der Waals surface area contributed by atoms with Gasteiger partial charge in [-0.1, -0.05) is 0 Å². The van der Waals surface area contributed by atoms with E-state index in [1.165, 1.54) is 6.92 Å². The lowest BCUT2D eigenvalue weighted by Gasteiger charge is -2.32. The summed E-state index contributed by atoms with van der Waals surface area (Å²) in [6.45, 7) is 3.16. The van der Waals surface area contributed by atoms with Crippen LogP contribution in [0.25, 0.3) is 0 Å². The maximum atomic E-state index is 12.3. The van der Waals surface area contributed by atoms with Crippen LogP contribution in [-0.2, 0) is 4.79 Å². The normalized spacial score (nSPS) is 11.5. The Hall–Kier alpha value is -1.47. The number of nitrogens with zero attached hydrogens (tertiary/aromatic N) is 2. The Morgan fingerprint density at radius 2 is 1.79 bits per heavy atom. The Kier molecular flexibility index (Phi) is 6.64. The van der Waals surface area contributed by atoms with Gasteiger partial charge in [-0.2, -0.15) is 13.2 Å². The summed E-state index contributed by atoms with van der Waals surface area (Å²) in [6, 6.07) is -1.16. The first-order valence-corrected chi connectivity index (χ1v) is 5.92. The van der Waals surface area contributed by atoms with Crippen LogP contribution in [0.1, 0.15) is 27.2 Å². The molecular formula is C11H19F3N2O3. The molecule has 0 fully saturated rings. The van der Waals surface area contributed by atoms with E-state index in [9.17, 15) is 22.8 Å². The lowest BCUT2D eigenvalue weighted by molar-refractivity contribution is -0.142. The van der Waals surface area contributed by atoms with Gasteiger partial charge in [-0.3, -0.25) is 4.79 Å². The molecule has 0 saturated heterocycles. The van der Waals surface area contributed by atoms with Crippen LogP contribution in [0.4, 0.5) is 18.0 Å². The molecule has 0 spiro atoms. The zero-order chi connectivity index (χ0) is 15.2. The number of aliphatic carboxylic acids is 1. The van der Waals surface area contributed by atoms with Crippen molar-refractivity contribution in [1.29, 1.82) is 0 Å². The van der Waals surface area contributed by atoms with Gasteiger partial charge < -0.3 is 14.9 Å². The van der Waals surface area contributed by atoms with Crippen molar-refractivity contribution >= 4 is 12.0 Å². The van der Waals surface area contributed by atoms with E-state index in [0.29, 0.717) is 4.90 Å². The van der Waals surface area contributed by atoms with Crippen molar-refractivity contribution in [3.05, 3.63) is 0 Å². The van der Waals surface area contributed by atoms with E-state index in [-0.39, 0.29) is 25.6 Å². The number of hydrogen-bond donors (Lipinski definition) is 1. The molecule has 0 saturated carbocycles. The summed E-state index contributed by atoms with van der Waals surface area (Å²) >= 11 is 0. The molecule has 0 aromatic rings. The van der Waals surface area contributed by atoms with Crippen LogP contribution in [0.5, 0.6) is 0 Å². The highest BCUT2D eigenvalue weighted by Gasteiger charge is 2.34. The fourth-order valence-corrected chi connectivity index (χ4v) is 1.50. The van der Waals surface area contributed by atoms with Crippen LogP contribution < -0.4 is 0 Å². The highest BCUT2D eigenvalue weighted by molar-refractivity contribution is 5.75. The minimum atomic E-state index is -4.47. The van der Waals surface area contributed by atoms with Gasteiger partial charge in [0.05, 0.1) is 6.42 Å². The van der Waals surface area contributed by atoms with E-state index in [1.54, 1.807) is 13.8 Å². The van der Waals surface area contributed by atoms with Gasteiger partial charge in [-0.15, -0.1) is 0 Å². The van der Waals surface area contributed by atoms with E-state index in [1.807, 2.05) is 0 Å². The van der Waals surface area contributed by atoms with Crippen LogP contribution >= 0.6 is 0 Å². The summed E-state index contributed by atoms with van der Waals surface area (Å²) in [7, 11) is 0. The number of carboxylic acids is 1. The number of halogens is 3. The average molecular weight is 284 g/mol. The first-order valence-electron chi connectivity index (χ1n) is 5.92. The quantitative estimate of drug-likeness (QED) is 0.813. The van der Waals surface area contributed by atoms with E-state index < -0.39 is 24.7 Å². The van der Waals surface area contributed by atoms with Crippen molar-refractivity contribution in [2.45, 2.75) is 39.4 Å². The number of carbonyl (C=O) groups excluding carboxylic acids is 1. The standard InChI is InChI=1S/C11H19F3N2O3/c1-4-15(7-11(12,13)14)10(19)16(8(2)3)6-5-9(17)18/h8H,4-7H2,1-3H3,(H,17,18). The number of rotatable bonds is 6. The molecule has 0 radical (unpaired) electrons. The summed E-state index contributed by atoms with van der Waals surface area (Å²) in [5.41, 5.74) is 0. The number of amides is 2. The molecule has 0 unspecified atom stereocenters. The molecule has 5 nitrogen and oxygen atoms in total. The first-order chi connectivity index (χ1) is 8.58. The van der Waals surface area contributed by atoms with E-state index in [4.69, 9.17) is 5.11 Å². The van der Waals surface area contributed by atoms with Crippen molar-refractivity contribution in [3.63, 3.8) is 0 Å². The third kappa shape index (κ3) is 6.88. The molecule has 112 valence electrons. The van der Waals surface area contributed by atoms with Gasteiger partial charge >= 0.3 is 18.2 Å². The Bertz CT molecular complexity index is 319.